The number of aromatic nitrogens is 1. The lowest BCUT2D eigenvalue weighted by molar-refractivity contribution is 0.0938. The normalized spacial score (nSPS) is 10.7. The summed E-state index contributed by atoms with van der Waals surface area (Å²) in [7, 11) is 3.25. The molecule has 26 heavy (non-hydrogen) atoms. The molecule has 134 valence electrons. The van der Waals surface area contributed by atoms with Gasteiger partial charge in [0.25, 0.3) is 5.91 Å². The third-order valence-electron chi connectivity index (χ3n) is 4.32. The van der Waals surface area contributed by atoms with Crippen molar-refractivity contribution in [2.45, 2.75) is 6.92 Å². The van der Waals surface area contributed by atoms with Crippen LogP contribution in [0.3, 0.4) is 0 Å². The smallest absolute Gasteiger partial charge is 0.252 e. The van der Waals surface area contributed by atoms with Gasteiger partial charge in [0, 0.05) is 24.6 Å². The number of para-hydroxylation sites is 1. The van der Waals surface area contributed by atoms with Gasteiger partial charge in [0.05, 0.1) is 30.5 Å². The Hall–Kier alpha value is -2.92. The fraction of sp³-hybridized carbons (Fsp3) is 0.238. The maximum atomic E-state index is 12.8. The highest BCUT2D eigenvalue weighted by atomic mass is 16.5. The molecule has 0 aliphatic carbocycles. The summed E-state index contributed by atoms with van der Waals surface area (Å²) in [5.74, 6) is 0.664. The maximum Gasteiger partial charge on any atom is 0.252 e. The maximum absolute atomic E-state index is 12.8. The summed E-state index contributed by atoms with van der Waals surface area (Å²) in [6, 6.07) is 15.4. The highest BCUT2D eigenvalue weighted by molar-refractivity contribution is 6.08. The van der Waals surface area contributed by atoms with E-state index in [4.69, 9.17) is 14.5 Å². The number of carbonyl (C=O) groups is 1. The van der Waals surface area contributed by atoms with Gasteiger partial charge in [0.1, 0.15) is 5.75 Å². The molecule has 0 radical (unpaired) electrons. The highest BCUT2D eigenvalue weighted by Crippen LogP contribution is 2.30. The van der Waals surface area contributed by atoms with Crippen LogP contribution in [-0.2, 0) is 4.74 Å². The minimum absolute atomic E-state index is 0.118. The van der Waals surface area contributed by atoms with E-state index in [-0.39, 0.29) is 5.91 Å². The molecule has 2 aromatic carbocycles. The number of nitrogens with zero attached hydrogens (tertiary/aromatic N) is 1. The molecule has 0 bridgehead atoms. The van der Waals surface area contributed by atoms with Crippen molar-refractivity contribution in [3.05, 3.63) is 59.7 Å². The number of benzene rings is 2. The zero-order valence-electron chi connectivity index (χ0n) is 15.2. The SMILES string of the molecule is COCCNC(=O)c1c(C)c(-c2ccc(OC)cc2)nc2ccccc12. The average molecular weight is 350 g/mol. The Kier molecular flexibility index (Phi) is 5.49. The Morgan fingerprint density at radius 1 is 1.08 bits per heavy atom. The third-order valence-corrected chi connectivity index (χ3v) is 4.32. The third kappa shape index (κ3) is 3.53. The monoisotopic (exact) mass is 350 g/mol. The summed E-state index contributed by atoms with van der Waals surface area (Å²) in [5.41, 5.74) is 4.03. The van der Waals surface area contributed by atoms with Crippen molar-refractivity contribution in [1.82, 2.24) is 10.3 Å². The molecule has 0 spiro atoms. The second-order valence-electron chi connectivity index (χ2n) is 5.95. The molecule has 1 amide bonds. The van der Waals surface area contributed by atoms with Crippen LogP contribution in [0.5, 0.6) is 5.75 Å². The quantitative estimate of drug-likeness (QED) is 0.690. The number of fused-ring (bicyclic) bond motifs is 1. The predicted molar refractivity (Wildman–Crippen MR) is 103 cm³/mol. The summed E-state index contributed by atoms with van der Waals surface area (Å²) in [4.78, 5) is 17.6. The molecule has 0 saturated heterocycles. The Balaban J connectivity index is 2.12. The molecule has 0 unspecified atom stereocenters. The van der Waals surface area contributed by atoms with Crippen molar-refractivity contribution in [1.29, 1.82) is 0 Å². The van der Waals surface area contributed by atoms with Gasteiger partial charge in [0.15, 0.2) is 0 Å². The van der Waals surface area contributed by atoms with Crippen molar-refractivity contribution in [3.63, 3.8) is 0 Å². The number of hydrogen-bond acceptors (Lipinski definition) is 4. The molecule has 1 aromatic heterocycles. The molecule has 0 aliphatic heterocycles. The molecule has 0 fully saturated rings. The number of carbonyl (C=O) groups excluding carboxylic acids is 1. The summed E-state index contributed by atoms with van der Waals surface area (Å²) in [6.07, 6.45) is 0. The minimum atomic E-state index is -0.118. The van der Waals surface area contributed by atoms with Gasteiger partial charge in [0.2, 0.25) is 0 Å². The Labute approximate surface area is 153 Å². The summed E-state index contributed by atoms with van der Waals surface area (Å²) < 4.78 is 10.2. The van der Waals surface area contributed by atoms with Crippen LogP contribution in [0.4, 0.5) is 0 Å². The van der Waals surface area contributed by atoms with Gasteiger partial charge in [-0.15, -0.1) is 0 Å². The van der Waals surface area contributed by atoms with Crippen LogP contribution in [0.1, 0.15) is 15.9 Å². The lowest BCUT2D eigenvalue weighted by Gasteiger charge is -2.15. The number of hydrogen-bond donors (Lipinski definition) is 1. The van der Waals surface area contributed by atoms with E-state index in [1.165, 1.54) is 0 Å². The largest absolute Gasteiger partial charge is 0.497 e. The van der Waals surface area contributed by atoms with Gasteiger partial charge in [-0.1, -0.05) is 18.2 Å². The van der Waals surface area contributed by atoms with E-state index in [0.717, 1.165) is 33.5 Å². The Morgan fingerprint density at radius 2 is 1.81 bits per heavy atom. The number of nitrogens with one attached hydrogen (secondary N) is 1. The number of rotatable bonds is 6. The molecule has 5 nitrogen and oxygen atoms in total. The molecule has 0 aliphatic rings. The van der Waals surface area contributed by atoms with Crippen molar-refractivity contribution in [2.24, 2.45) is 0 Å². The molecule has 0 atom stereocenters. The second-order valence-corrected chi connectivity index (χ2v) is 5.95. The van der Waals surface area contributed by atoms with Crippen LogP contribution in [0.15, 0.2) is 48.5 Å². The molecule has 3 rings (SSSR count). The highest BCUT2D eigenvalue weighted by Gasteiger charge is 2.18. The topological polar surface area (TPSA) is 60.5 Å². The van der Waals surface area contributed by atoms with Crippen LogP contribution in [0.25, 0.3) is 22.2 Å². The van der Waals surface area contributed by atoms with Crippen molar-refractivity contribution < 1.29 is 14.3 Å². The van der Waals surface area contributed by atoms with E-state index in [9.17, 15) is 4.79 Å². The Morgan fingerprint density at radius 3 is 2.50 bits per heavy atom. The lowest BCUT2D eigenvalue weighted by Crippen LogP contribution is -2.28. The van der Waals surface area contributed by atoms with E-state index >= 15 is 0 Å². The fourth-order valence-electron chi connectivity index (χ4n) is 2.98. The number of pyridine rings is 1. The first kappa shape index (κ1) is 17.9. The lowest BCUT2D eigenvalue weighted by atomic mass is 9.97. The van der Waals surface area contributed by atoms with Crippen LogP contribution in [0.2, 0.25) is 0 Å². The minimum Gasteiger partial charge on any atom is -0.497 e. The van der Waals surface area contributed by atoms with Crippen molar-refractivity contribution in [2.75, 3.05) is 27.4 Å². The molecule has 1 N–H and O–H groups in total. The molecule has 1 heterocycles. The van der Waals surface area contributed by atoms with Crippen molar-refractivity contribution in [3.8, 4) is 17.0 Å². The van der Waals surface area contributed by atoms with Gasteiger partial charge in [-0.05, 0) is 42.8 Å². The zero-order chi connectivity index (χ0) is 18.5. The van der Waals surface area contributed by atoms with Crippen LogP contribution in [0, 0.1) is 6.92 Å². The molecular formula is C21H22N2O3. The van der Waals surface area contributed by atoms with E-state index < -0.39 is 0 Å². The zero-order valence-corrected chi connectivity index (χ0v) is 15.2. The molecule has 0 saturated carbocycles. The number of methoxy groups -OCH3 is 2. The van der Waals surface area contributed by atoms with E-state index in [1.807, 2.05) is 55.5 Å². The average Bonchev–Trinajstić information content (AvgIpc) is 2.67. The Bertz CT molecular complexity index is 920. The van der Waals surface area contributed by atoms with Gasteiger partial charge in [-0.25, -0.2) is 4.98 Å². The summed E-state index contributed by atoms with van der Waals surface area (Å²) >= 11 is 0. The first-order chi connectivity index (χ1) is 12.7. The standard InChI is InChI=1S/C21H22N2O3/c1-14-19(21(24)22-12-13-25-2)17-6-4-5-7-18(17)23-20(14)15-8-10-16(26-3)11-9-15/h4-11H,12-13H2,1-3H3,(H,22,24). The van der Waals surface area contributed by atoms with E-state index in [0.29, 0.717) is 18.7 Å². The van der Waals surface area contributed by atoms with Crippen LogP contribution < -0.4 is 10.1 Å². The molecule has 5 heteroatoms. The van der Waals surface area contributed by atoms with Gasteiger partial charge in [-0.3, -0.25) is 4.79 Å². The number of amides is 1. The second kappa shape index (κ2) is 7.97. The van der Waals surface area contributed by atoms with E-state index in [2.05, 4.69) is 5.32 Å². The van der Waals surface area contributed by atoms with E-state index in [1.54, 1.807) is 14.2 Å². The summed E-state index contributed by atoms with van der Waals surface area (Å²) in [5, 5.41) is 3.76. The van der Waals surface area contributed by atoms with Crippen molar-refractivity contribution >= 4 is 16.8 Å². The first-order valence-corrected chi connectivity index (χ1v) is 8.46. The molecular weight excluding hydrogens is 328 g/mol. The first-order valence-electron chi connectivity index (χ1n) is 8.46. The van der Waals surface area contributed by atoms with Gasteiger partial charge >= 0.3 is 0 Å². The number of ether oxygens (including phenoxy) is 2. The predicted octanol–water partition coefficient (Wildman–Crippen LogP) is 3.60. The van der Waals surface area contributed by atoms with Crippen LogP contribution in [-0.4, -0.2) is 38.3 Å². The molecule has 3 aromatic rings. The van der Waals surface area contributed by atoms with Gasteiger partial charge in [-0.2, -0.15) is 0 Å². The summed E-state index contributed by atoms with van der Waals surface area (Å²) in [6.45, 7) is 2.87. The van der Waals surface area contributed by atoms with Gasteiger partial charge < -0.3 is 14.8 Å². The van der Waals surface area contributed by atoms with Crippen LogP contribution >= 0.6 is 0 Å². The fourth-order valence-corrected chi connectivity index (χ4v) is 2.98.